The zero-order valence-corrected chi connectivity index (χ0v) is 14.8. The van der Waals surface area contributed by atoms with Crippen molar-refractivity contribution in [1.82, 2.24) is 0 Å². The Morgan fingerprint density at radius 1 is 1.14 bits per heavy atom. The fourth-order valence-electron chi connectivity index (χ4n) is 2.35. The average molecular weight is 308 g/mol. The van der Waals surface area contributed by atoms with Crippen LogP contribution in [0.25, 0.3) is 0 Å². The highest BCUT2D eigenvalue weighted by Crippen LogP contribution is 2.30. The van der Waals surface area contributed by atoms with E-state index in [9.17, 15) is 5.11 Å². The molecule has 3 nitrogen and oxygen atoms in total. The predicted molar refractivity (Wildman–Crippen MR) is 89.9 cm³/mol. The third-order valence-electron chi connectivity index (χ3n) is 3.57. The number of benzene rings is 1. The smallest absolute Gasteiger partial charge is 0.157 e. The van der Waals surface area contributed by atoms with Gasteiger partial charge < -0.3 is 14.6 Å². The SMILES string of the molecule is COC(CC/C=C(\C(O)c1ccccc1)[Si](C)(C)C)OC. The lowest BCUT2D eigenvalue weighted by atomic mass is 10.1. The molecule has 0 aliphatic carbocycles. The number of allylic oxidation sites excluding steroid dienone is 1. The lowest BCUT2D eigenvalue weighted by Gasteiger charge is -2.26. The molecule has 0 saturated heterocycles. The average Bonchev–Trinajstić information content (AvgIpc) is 2.46. The van der Waals surface area contributed by atoms with E-state index in [2.05, 4.69) is 25.7 Å². The highest BCUT2D eigenvalue weighted by atomic mass is 28.3. The lowest BCUT2D eigenvalue weighted by Crippen LogP contribution is -2.28. The van der Waals surface area contributed by atoms with Gasteiger partial charge in [-0.2, -0.15) is 0 Å². The second-order valence-electron chi connectivity index (χ2n) is 6.20. The number of ether oxygens (including phenoxy) is 2. The normalized spacial score (nSPS) is 14.5. The summed E-state index contributed by atoms with van der Waals surface area (Å²) in [5, 5.41) is 11.9. The lowest BCUT2D eigenvalue weighted by molar-refractivity contribution is -0.105. The van der Waals surface area contributed by atoms with Gasteiger partial charge in [-0.3, -0.25) is 0 Å². The van der Waals surface area contributed by atoms with Gasteiger partial charge in [0.25, 0.3) is 0 Å². The first kappa shape index (κ1) is 18.1. The Hall–Kier alpha value is -0.943. The molecule has 0 heterocycles. The van der Waals surface area contributed by atoms with Gasteiger partial charge in [-0.25, -0.2) is 0 Å². The van der Waals surface area contributed by atoms with Gasteiger partial charge >= 0.3 is 0 Å². The van der Waals surface area contributed by atoms with Crippen molar-refractivity contribution >= 4 is 8.07 Å². The Kier molecular flexibility index (Phi) is 7.32. The summed E-state index contributed by atoms with van der Waals surface area (Å²) >= 11 is 0. The number of aliphatic hydroxyl groups excluding tert-OH is 1. The minimum Gasteiger partial charge on any atom is -0.384 e. The maximum atomic E-state index is 10.7. The van der Waals surface area contributed by atoms with Gasteiger partial charge in [-0.15, -0.1) is 0 Å². The fraction of sp³-hybridized carbons (Fsp3) is 0.529. The molecule has 0 aliphatic rings. The van der Waals surface area contributed by atoms with Gasteiger partial charge in [0.1, 0.15) is 0 Å². The van der Waals surface area contributed by atoms with Crippen LogP contribution >= 0.6 is 0 Å². The maximum Gasteiger partial charge on any atom is 0.157 e. The Labute approximate surface area is 129 Å². The quantitative estimate of drug-likeness (QED) is 0.584. The molecule has 0 amide bonds. The third-order valence-corrected chi connectivity index (χ3v) is 5.78. The molecule has 0 aliphatic heterocycles. The Bertz CT molecular complexity index is 433. The largest absolute Gasteiger partial charge is 0.384 e. The molecule has 0 radical (unpaired) electrons. The molecule has 0 fully saturated rings. The molecule has 1 unspecified atom stereocenters. The predicted octanol–water partition coefficient (Wildman–Crippen LogP) is 3.92. The van der Waals surface area contributed by atoms with E-state index in [1.807, 2.05) is 30.3 Å². The van der Waals surface area contributed by atoms with Crippen molar-refractivity contribution in [2.45, 2.75) is 44.9 Å². The van der Waals surface area contributed by atoms with E-state index in [1.54, 1.807) is 14.2 Å². The molecular weight excluding hydrogens is 280 g/mol. The molecule has 1 aromatic rings. The molecule has 1 atom stereocenters. The highest BCUT2D eigenvalue weighted by molar-refractivity contribution is 6.83. The minimum absolute atomic E-state index is 0.182. The third kappa shape index (κ3) is 5.75. The van der Waals surface area contributed by atoms with Gasteiger partial charge in [-0.05, 0) is 12.0 Å². The van der Waals surface area contributed by atoms with E-state index in [4.69, 9.17) is 9.47 Å². The van der Waals surface area contributed by atoms with E-state index in [0.29, 0.717) is 0 Å². The van der Waals surface area contributed by atoms with Crippen molar-refractivity contribution in [3.05, 3.63) is 47.2 Å². The molecule has 21 heavy (non-hydrogen) atoms. The van der Waals surface area contributed by atoms with Crippen molar-refractivity contribution in [1.29, 1.82) is 0 Å². The fourth-order valence-corrected chi connectivity index (χ4v) is 4.09. The second kappa shape index (κ2) is 8.49. The molecule has 0 saturated carbocycles. The maximum absolute atomic E-state index is 10.7. The van der Waals surface area contributed by atoms with Crippen LogP contribution in [-0.4, -0.2) is 33.7 Å². The van der Waals surface area contributed by atoms with Crippen LogP contribution in [0.1, 0.15) is 24.5 Å². The molecule has 1 aromatic carbocycles. The van der Waals surface area contributed by atoms with E-state index in [-0.39, 0.29) is 6.29 Å². The van der Waals surface area contributed by atoms with E-state index < -0.39 is 14.2 Å². The number of hydrogen-bond acceptors (Lipinski definition) is 3. The summed E-state index contributed by atoms with van der Waals surface area (Å²) in [4.78, 5) is 0. The van der Waals surface area contributed by atoms with E-state index in [0.717, 1.165) is 18.4 Å². The monoisotopic (exact) mass is 308 g/mol. The second-order valence-corrected chi connectivity index (χ2v) is 11.3. The van der Waals surface area contributed by atoms with E-state index in [1.165, 1.54) is 5.20 Å². The van der Waals surface area contributed by atoms with Gasteiger partial charge in [-0.1, -0.05) is 61.2 Å². The number of hydrogen-bond donors (Lipinski definition) is 1. The molecule has 4 heteroatoms. The summed E-state index contributed by atoms with van der Waals surface area (Å²) in [5.74, 6) is 0. The zero-order valence-electron chi connectivity index (χ0n) is 13.8. The first-order valence-electron chi connectivity index (χ1n) is 7.39. The number of methoxy groups -OCH3 is 2. The summed E-state index contributed by atoms with van der Waals surface area (Å²) in [7, 11) is 1.70. The molecule has 1 rings (SSSR count). The first-order chi connectivity index (χ1) is 9.90. The summed E-state index contributed by atoms with van der Waals surface area (Å²) in [5.41, 5.74) is 0.959. The first-order valence-corrected chi connectivity index (χ1v) is 10.9. The summed E-state index contributed by atoms with van der Waals surface area (Å²) in [6.07, 6.45) is 3.12. The Morgan fingerprint density at radius 2 is 1.71 bits per heavy atom. The van der Waals surface area contributed by atoms with Crippen molar-refractivity contribution in [3.8, 4) is 0 Å². The molecule has 0 spiro atoms. The number of rotatable bonds is 8. The molecule has 118 valence electrons. The van der Waals surface area contributed by atoms with Crippen LogP contribution in [-0.2, 0) is 9.47 Å². The number of aliphatic hydroxyl groups is 1. The van der Waals surface area contributed by atoms with Crippen molar-refractivity contribution < 1.29 is 14.6 Å². The van der Waals surface area contributed by atoms with Crippen LogP contribution in [0.3, 0.4) is 0 Å². The summed E-state index contributed by atoms with van der Waals surface area (Å²) in [6.45, 7) is 6.78. The zero-order chi connectivity index (χ0) is 15.9. The van der Waals surface area contributed by atoms with Gasteiger partial charge in [0, 0.05) is 20.6 Å². The highest BCUT2D eigenvalue weighted by Gasteiger charge is 2.26. The van der Waals surface area contributed by atoms with E-state index >= 15 is 0 Å². The topological polar surface area (TPSA) is 38.7 Å². The molecule has 0 bridgehead atoms. The standard InChI is InChI=1S/C17H28O3Si/c1-19-16(20-2)13-9-12-15(21(3,4)5)17(18)14-10-7-6-8-11-14/h6-8,10-12,16-18H,9,13H2,1-5H3/b15-12+. The Morgan fingerprint density at radius 3 is 2.19 bits per heavy atom. The van der Waals surface area contributed by atoms with Gasteiger partial charge in [0.2, 0.25) is 0 Å². The van der Waals surface area contributed by atoms with Gasteiger partial charge in [0.15, 0.2) is 6.29 Å². The summed E-state index contributed by atoms with van der Waals surface area (Å²) < 4.78 is 10.4. The van der Waals surface area contributed by atoms with Crippen LogP contribution in [0.2, 0.25) is 19.6 Å². The Balaban J connectivity index is 2.86. The van der Waals surface area contributed by atoms with Crippen LogP contribution in [0, 0.1) is 0 Å². The van der Waals surface area contributed by atoms with Crippen LogP contribution in [0.15, 0.2) is 41.6 Å². The minimum atomic E-state index is -1.60. The molecular formula is C17H28O3Si. The van der Waals surface area contributed by atoms with Crippen molar-refractivity contribution in [2.75, 3.05) is 14.2 Å². The van der Waals surface area contributed by atoms with Crippen LogP contribution in [0.5, 0.6) is 0 Å². The van der Waals surface area contributed by atoms with Crippen LogP contribution < -0.4 is 0 Å². The van der Waals surface area contributed by atoms with Crippen molar-refractivity contribution in [3.63, 3.8) is 0 Å². The summed E-state index contributed by atoms with van der Waals surface area (Å²) in [6, 6.07) is 9.85. The molecule has 1 N–H and O–H groups in total. The van der Waals surface area contributed by atoms with Crippen molar-refractivity contribution in [2.24, 2.45) is 0 Å². The van der Waals surface area contributed by atoms with Crippen LogP contribution in [0.4, 0.5) is 0 Å². The molecule has 0 aromatic heterocycles. The van der Waals surface area contributed by atoms with Gasteiger partial charge in [0.05, 0.1) is 14.2 Å².